The molecule has 14 heavy (non-hydrogen) atoms. The molecule has 2 aliphatic heterocycles. The summed E-state index contributed by atoms with van der Waals surface area (Å²) in [5.41, 5.74) is 2.72. The van der Waals surface area contributed by atoms with Crippen LogP contribution in [0.1, 0.15) is 11.1 Å². The van der Waals surface area contributed by atoms with E-state index in [1.54, 1.807) is 0 Å². The lowest BCUT2D eigenvalue weighted by Gasteiger charge is -2.09. The molecule has 0 aromatic carbocycles. The molecule has 2 rings (SSSR count). The van der Waals surface area contributed by atoms with Crippen molar-refractivity contribution in [2.45, 2.75) is 13.8 Å². The van der Waals surface area contributed by atoms with Gasteiger partial charge in [-0.3, -0.25) is 0 Å². The molecule has 0 unspecified atom stereocenters. The molecule has 0 radical (unpaired) electrons. The maximum Gasteiger partial charge on any atom is 0.192 e. The first-order valence-electron chi connectivity index (χ1n) is 4.25. The number of aryl methyl sites for hydroxylation is 2. The third kappa shape index (κ3) is 1.42. The van der Waals surface area contributed by atoms with Gasteiger partial charge < -0.3 is 4.98 Å². The van der Waals surface area contributed by atoms with Crippen LogP contribution in [0.3, 0.4) is 0 Å². The summed E-state index contributed by atoms with van der Waals surface area (Å²) in [5, 5.41) is 0. The number of H-pyrrole nitrogens is 1. The minimum absolute atomic E-state index is 0.388. The Morgan fingerprint density at radius 3 is 2.71 bits per heavy atom. The van der Waals surface area contributed by atoms with Crippen molar-refractivity contribution in [1.82, 2.24) is 9.97 Å². The Labute approximate surface area is 86.2 Å². The van der Waals surface area contributed by atoms with Crippen molar-refractivity contribution < 1.29 is 4.39 Å². The summed E-state index contributed by atoms with van der Waals surface area (Å²) in [6.07, 6.45) is 0. The summed E-state index contributed by atoms with van der Waals surface area (Å²) in [6.45, 7) is 3.75. The van der Waals surface area contributed by atoms with Crippen LogP contribution in [0, 0.1) is 24.4 Å². The fourth-order valence-electron chi connectivity index (χ4n) is 1.41. The van der Waals surface area contributed by atoms with Gasteiger partial charge in [-0.1, -0.05) is 12.2 Å². The van der Waals surface area contributed by atoms with Crippen molar-refractivity contribution >= 4 is 12.2 Å². The number of aromatic nitrogens is 2. The Bertz CT molecular complexity index is 518. The highest BCUT2D eigenvalue weighted by atomic mass is 32.1. The van der Waals surface area contributed by atoms with E-state index >= 15 is 0 Å². The molecule has 2 nitrogen and oxygen atoms in total. The Morgan fingerprint density at radius 2 is 2.00 bits per heavy atom. The van der Waals surface area contributed by atoms with Crippen molar-refractivity contribution in [2.75, 3.05) is 0 Å². The number of nitrogens with one attached hydrogen (secondary N) is 1. The Kier molecular flexibility index (Phi) is 2.07. The second kappa shape index (κ2) is 3.13. The van der Waals surface area contributed by atoms with Crippen molar-refractivity contribution in [3.8, 4) is 11.4 Å². The summed E-state index contributed by atoms with van der Waals surface area (Å²) in [6, 6.07) is 3.38. The maximum atomic E-state index is 13.0. The van der Waals surface area contributed by atoms with Gasteiger partial charge in [-0.25, -0.2) is 4.98 Å². The highest BCUT2D eigenvalue weighted by Gasteiger charge is 2.09. The molecule has 72 valence electrons. The van der Waals surface area contributed by atoms with E-state index in [-0.39, 0.29) is 5.95 Å². The molecule has 2 aliphatic rings. The van der Waals surface area contributed by atoms with Crippen LogP contribution < -0.4 is 0 Å². The van der Waals surface area contributed by atoms with Crippen LogP contribution in [0.5, 0.6) is 0 Å². The van der Waals surface area contributed by atoms with Crippen molar-refractivity contribution in [3.63, 3.8) is 0 Å². The van der Waals surface area contributed by atoms with E-state index in [1.165, 1.54) is 6.07 Å². The van der Waals surface area contributed by atoms with Gasteiger partial charge in [-0.15, -0.1) is 0 Å². The fourth-order valence-corrected chi connectivity index (χ4v) is 1.56. The number of fused-ring (bicyclic) bond motifs is 1. The standard InChI is InChI=1S/C10H9FN2S/c1-5-4-8(11)12-9-7(5)3-6(2)10(14)13-9/h3-4H,1-2H3,(H,12,13,14). The predicted molar refractivity (Wildman–Crippen MR) is 55.5 cm³/mol. The van der Waals surface area contributed by atoms with Crippen molar-refractivity contribution in [1.29, 1.82) is 0 Å². The Morgan fingerprint density at radius 1 is 1.29 bits per heavy atom. The first kappa shape index (κ1) is 9.27. The van der Waals surface area contributed by atoms with Gasteiger partial charge in [0, 0.05) is 5.56 Å². The van der Waals surface area contributed by atoms with E-state index in [0.717, 1.165) is 16.7 Å². The lowest BCUT2D eigenvalue weighted by molar-refractivity contribution is 0.582. The molecule has 0 aromatic heterocycles. The SMILES string of the molecule is Cc1cc(F)[nH]c2nc(=S)c(C)cc1-2. The van der Waals surface area contributed by atoms with Crippen LogP contribution in [0.25, 0.3) is 11.4 Å². The first-order valence-corrected chi connectivity index (χ1v) is 4.65. The van der Waals surface area contributed by atoms with Gasteiger partial charge in [-0.2, -0.15) is 4.39 Å². The van der Waals surface area contributed by atoms with Gasteiger partial charge in [0.05, 0.1) is 0 Å². The third-order valence-corrected chi connectivity index (χ3v) is 2.59. The number of halogens is 1. The van der Waals surface area contributed by atoms with E-state index in [2.05, 4.69) is 9.97 Å². The Hall–Kier alpha value is -1.29. The summed E-state index contributed by atoms with van der Waals surface area (Å²) in [4.78, 5) is 6.67. The van der Waals surface area contributed by atoms with E-state index in [1.807, 2.05) is 19.9 Å². The van der Waals surface area contributed by atoms with Gasteiger partial charge in [-0.05, 0) is 37.1 Å². The second-order valence-corrected chi connectivity index (χ2v) is 3.69. The highest BCUT2D eigenvalue weighted by molar-refractivity contribution is 7.71. The van der Waals surface area contributed by atoms with Crippen LogP contribution in [0.15, 0.2) is 12.1 Å². The molecule has 0 saturated heterocycles. The van der Waals surface area contributed by atoms with E-state index in [4.69, 9.17) is 12.2 Å². The largest absolute Gasteiger partial charge is 0.316 e. The van der Waals surface area contributed by atoms with Crippen molar-refractivity contribution in [2.24, 2.45) is 0 Å². The summed E-state index contributed by atoms with van der Waals surface area (Å²) >= 11 is 5.01. The van der Waals surface area contributed by atoms with Gasteiger partial charge in [0.25, 0.3) is 0 Å². The van der Waals surface area contributed by atoms with Crippen LogP contribution in [-0.4, -0.2) is 9.97 Å². The zero-order valence-corrected chi connectivity index (χ0v) is 8.70. The van der Waals surface area contributed by atoms with E-state index in [9.17, 15) is 4.39 Å². The lowest BCUT2D eigenvalue weighted by Crippen LogP contribution is -1.98. The quantitative estimate of drug-likeness (QED) is 0.532. The maximum absolute atomic E-state index is 13.0. The fraction of sp³-hybridized carbons (Fsp3) is 0.200. The van der Waals surface area contributed by atoms with Gasteiger partial charge in [0.15, 0.2) is 5.95 Å². The number of pyridine rings is 2. The normalized spacial score (nSPS) is 10.8. The molecule has 4 heteroatoms. The molecule has 0 saturated carbocycles. The van der Waals surface area contributed by atoms with Crippen molar-refractivity contribution in [3.05, 3.63) is 33.8 Å². The topological polar surface area (TPSA) is 28.7 Å². The van der Waals surface area contributed by atoms with Crippen LogP contribution in [0.4, 0.5) is 4.39 Å². The number of hydrogen-bond donors (Lipinski definition) is 1. The highest BCUT2D eigenvalue weighted by Crippen LogP contribution is 2.23. The van der Waals surface area contributed by atoms with E-state index < -0.39 is 0 Å². The second-order valence-electron chi connectivity index (χ2n) is 3.31. The van der Waals surface area contributed by atoms with Crippen LogP contribution in [-0.2, 0) is 0 Å². The molecule has 0 bridgehead atoms. The number of nitrogens with zero attached hydrogens (tertiary/aromatic N) is 1. The molecule has 0 spiro atoms. The summed E-state index contributed by atoms with van der Waals surface area (Å²) in [7, 11) is 0. The molecule has 0 amide bonds. The van der Waals surface area contributed by atoms with Crippen LogP contribution >= 0.6 is 12.2 Å². The Balaban J connectivity index is 2.89. The molecule has 0 aliphatic carbocycles. The summed E-state index contributed by atoms with van der Waals surface area (Å²) in [5.74, 6) is 0.124. The van der Waals surface area contributed by atoms with E-state index in [0.29, 0.717) is 10.5 Å². The smallest absolute Gasteiger partial charge is 0.192 e. The lowest BCUT2D eigenvalue weighted by atomic mass is 10.1. The monoisotopic (exact) mass is 208 g/mol. The molecular formula is C10H9FN2S. The minimum atomic E-state index is -0.388. The number of rotatable bonds is 0. The average molecular weight is 208 g/mol. The zero-order chi connectivity index (χ0) is 10.3. The van der Waals surface area contributed by atoms with Crippen LogP contribution in [0.2, 0.25) is 0 Å². The molecule has 0 fully saturated rings. The first-order chi connectivity index (χ1) is 6.58. The number of hydrogen-bond acceptors (Lipinski definition) is 2. The molecule has 2 heterocycles. The molecule has 0 atom stereocenters. The zero-order valence-electron chi connectivity index (χ0n) is 7.89. The molecular weight excluding hydrogens is 199 g/mol. The minimum Gasteiger partial charge on any atom is -0.316 e. The molecule has 1 N–H and O–H groups in total. The third-order valence-electron chi connectivity index (χ3n) is 2.17. The molecule has 0 aromatic rings. The van der Waals surface area contributed by atoms with Gasteiger partial charge in [0.1, 0.15) is 10.5 Å². The summed E-state index contributed by atoms with van der Waals surface area (Å²) < 4.78 is 13.5. The predicted octanol–water partition coefficient (Wildman–Crippen LogP) is 3.00. The average Bonchev–Trinajstić information content (AvgIpc) is 2.08. The van der Waals surface area contributed by atoms with Gasteiger partial charge in [0.2, 0.25) is 0 Å². The number of aromatic amines is 1. The van der Waals surface area contributed by atoms with Gasteiger partial charge >= 0.3 is 0 Å².